The van der Waals surface area contributed by atoms with E-state index in [1.165, 1.54) is 128 Å². The van der Waals surface area contributed by atoms with Gasteiger partial charge in [-0.25, -0.2) is 0 Å². The first-order valence-electron chi connectivity index (χ1n) is 32.6. The van der Waals surface area contributed by atoms with Crippen molar-refractivity contribution >= 4 is 5.91 Å². The Bertz CT molecular complexity index is 1590. The summed E-state index contributed by atoms with van der Waals surface area (Å²) in [5.74, 6) is -0.249. The van der Waals surface area contributed by atoms with Crippen LogP contribution in [0.1, 0.15) is 239 Å². The highest BCUT2D eigenvalue weighted by Crippen LogP contribution is 2.33. The number of ether oxygens (including phenoxy) is 6. The van der Waals surface area contributed by atoms with Crippen LogP contribution >= 0.6 is 0 Å². The van der Waals surface area contributed by atoms with E-state index in [0.717, 1.165) is 77.0 Å². The van der Waals surface area contributed by atoms with Crippen molar-refractivity contribution in [2.24, 2.45) is 0 Å². The third-order valence-corrected chi connectivity index (χ3v) is 16.5. The number of allylic oxidation sites excluding steroid dienone is 4. The molecule has 3 aliphatic rings. The van der Waals surface area contributed by atoms with Gasteiger partial charge in [-0.3, -0.25) is 4.79 Å². The number of aliphatic hydroxyl groups excluding tert-OH is 11. The topological polar surface area (TPSA) is 307 Å². The first-order valence-corrected chi connectivity index (χ1v) is 32.6. The predicted octanol–water partition coefficient (Wildman–Crippen LogP) is 7.10. The van der Waals surface area contributed by atoms with E-state index in [2.05, 4.69) is 43.5 Å². The Hall–Kier alpha value is -1.73. The maximum absolute atomic E-state index is 13.4. The molecule has 3 saturated heterocycles. The number of nitrogens with one attached hydrogen (secondary N) is 1. The van der Waals surface area contributed by atoms with Crippen molar-refractivity contribution in [2.75, 3.05) is 26.4 Å². The van der Waals surface area contributed by atoms with E-state index >= 15 is 0 Å². The maximum atomic E-state index is 13.4. The van der Waals surface area contributed by atoms with Crippen LogP contribution in [-0.2, 0) is 33.2 Å². The van der Waals surface area contributed by atoms with Crippen LogP contribution in [0, 0.1) is 0 Å². The van der Waals surface area contributed by atoms with Gasteiger partial charge in [0.05, 0.1) is 38.6 Å². The molecular formula is C63H117NO18. The van der Waals surface area contributed by atoms with Gasteiger partial charge in [0.2, 0.25) is 5.91 Å². The predicted molar refractivity (Wildman–Crippen MR) is 314 cm³/mol. The highest BCUT2D eigenvalue weighted by atomic mass is 16.8. The largest absolute Gasteiger partial charge is 0.394 e. The maximum Gasteiger partial charge on any atom is 0.220 e. The molecule has 0 aromatic carbocycles. The van der Waals surface area contributed by atoms with Crippen LogP contribution in [0.3, 0.4) is 0 Å². The second-order valence-electron chi connectivity index (χ2n) is 23.6. The molecule has 3 heterocycles. The minimum absolute atomic E-state index is 0.249. The van der Waals surface area contributed by atoms with Crippen molar-refractivity contribution in [2.45, 2.75) is 343 Å². The minimum atomic E-state index is -1.97. The molecule has 1 amide bonds. The summed E-state index contributed by atoms with van der Waals surface area (Å²) in [6.07, 6.45) is 22.5. The number of hydrogen-bond acceptors (Lipinski definition) is 18. The Morgan fingerprint density at radius 1 is 0.439 bits per heavy atom. The van der Waals surface area contributed by atoms with Crippen LogP contribution in [0.5, 0.6) is 0 Å². The summed E-state index contributed by atoms with van der Waals surface area (Å²) >= 11 is 0. The average molecular weight is 1180 g/mol. The van der Waals surface area contributed by atoms with E-state index in [0.29, 0.717) is 12.8 Å². The Morgan fingerprint density at radius 3 is 1.27 bits per heavy atom. The molecule has 0 saturated carbocycles. The minimum Gasteiger partial charge on any atom is -0.394 e. The number of aliphatic hydroxyl groups is 11. The fourth-order valence-corrected chi connectivity index (χ4v) is 11.2. The normalized spacial score (nSPS) is 29.7. The highest BCUT2D eigenvalue weighted by Gasteiger charge is 2.53. The summed E-state index contributed by atoms with van der Waals surface area (Å²) in [7, 11) is 0. The van der Waals surface area contributed by atoms with Crippen LogP contribution in [0.15, 0.2) is 24.3 Å². The summed E-state index contributed by atoms with van der Waals surface area (Å²) in [5, 5.41) is 120. The van der Waals surface area contributed by atoms with Gasteiger partial charge >= 0.3 is 0 Å². The molecule has 19 nitrogen and oxygen atoms in total. The molecule has 0 spiro atoms. The van der Waals surface area contributed by atoms with E-state index in [9.17, 15) is 61.0 Å². The van der Waals surface area contributed by atoms with Crippen molar-refractivity contribution in [3.63, 3.8) is 0 Å². The van der Waals surface area contributed by atoms with Crippen molar-refractivity contribution in [1.29, 1.82) is 0 Å². The molecule has 17 unspecified atom stereocenters. The van der Waals surface area contributed by atoms with Gasteiger partial charge in [0.1, 0.15) is 73.2 Å². The summed E-state index contributed by atoms with van der Waals surface area (Å²) in [6.45, 7) is 1.78. The molecule has 17 atom stereocenters. The van der Waals surface area contributed by atoms with Gasteiger partial charge in [0, 0.05) is 6.42 Å². The van der Waals surface area contributed by atoms with Crippen LogP contribution in [0.4, 0.5) is 0 Å². The molecule has 0 bridgehead atoms. The molecule has 82 heavy (non-hydrogen) atoms. The Balaban J connectivity index is 1.47. The lowest BCUT2D eigenvalue weighted by molar-refractivity contribution is -0.379. The Labute approximate surface area is 492 Å². The van der Waals surface area contributed by atoms with Crippen LogP contribution in [0.2, 0.25) is 0 Å². The molecule has 3 fully saturated rings. The fourth-order valence-electron chi connectivity index (χ4n) is 11.2. The SMILES string of the molecule is CCCCC/C=C\C/C=C\CCCCCCCCCC(=O)NC(COC1OC(CO)C(OC2OC(CO)C(OC3OC(CO)C(O)C(O)C3O)C(O)C2O)C(O)C1O)C(O)CCCCCCCCCCCCCCCCCCCCCC. The first kappa shape index (κ1) is 74.5. The molecule has 3 aliphatic heterocycles. The van der Waals surface area contributed by atoms with Crippen molar-refractivity contribution < 1.29 is 89.4 Å². The first-order chi connectivity index (χ1) is 39.8. The molecule has 482 valence electrons. The zero-order valence-corrected chi connectivity index (χ0v) is 50.5. The van der Waals surface area contributed by atoms with Crippen LogP contribution in [-0.4, -0.2) is 193 Å². The third-order valence-electron chi connectivity index (χ3n) is 16.5. The number of hydrogen-bond donors (Lipinski definition) is 12. The molecule has 12 N–H and O–H groups in total. The molecule has 0 radical (unpaired) electrons. The van der Waals surface area contributed by atoms with Crippen molar-refractivity contribution in [1.82, 2.24) is 5.32 Å². The molecule has 19 heteroatoms. The summed E-state index contributed by atoms with van der Waals surface area (Å²) in [6, 6.07) is -0.890. The quantitative estimate of drug-likeness (QED) is 0.0213. The van der Waals surface area contributed by atoms with Gasteiger partial charge in [0.25, 0.3) is 0 Å². The standard InChI is InChI=1S/C63H117NO18/c1-3-5-7-9-11-13-15-17-19-21-22-23-25-26-28-30-32-34-36-38-40-47(68)46(64-51(69)41-39-37-35-33-31-29-27-24-20-18-16-14-12-10-8-6-4-2)45-77-61-57(75)54(72)59(49(43-66)79-61)82-63-58(76)55(73)60(50(44-67)80-63)81-62-56(74)53(71)52(70)48(42-65)78-62/h12,14,18,20,46-50,52-63,65-68,70-76H,3-11,13,15-17,19,21-45H2,1-2H3,(H,64,69)/b14-12-,20-18-. The van der Waals surface area contributed by atoms with Crippen LogP contribution in [0.25, 0.3) is 0 Å². The number of amides is 1. The summed E-state index contributed by atoms with van der Waals surface area (Å²) < 4.78 is 34.4. The van der Waals surface area contributed by atoms with Gasteiger partial charge in [-0.05, 0) is 44.9 Å². The smallest absolute Gasteiger partial charge is 0.220 e. The summed E-state index contributed by atoms with van der Waals surface area (Å²) in [5.41, 5.74) is 0. The van der Waals surface area contributed by atoms with Gasteiger partial charge in [-0.15, -0.1) is 0 Å². The molecule has 0 aromatic rings. The monoisotopic (exact) mass is 1180 g/mol. The third kappa shape index (κ3) is 29.3. The number of unbranched alkanes of at least 4 members (excludes halogenated alkanes) is 29. The lowest BCUT2D eigenvalue weighted by atomic mass is 9.96. The van der Waals surface area contributed by atoms with Gasteiger partial charge in [0.15, 0.2) is 18.9 Å². The molecule has 3 rings (SSSR count). The van der Waals surface area contributed by atoms with Crippen molar-refractivity contribution in [3.05, 3.63) is 24.3 Å². The number of carbonyl (C=O) groups is 1. The zero-order chi connectivity index (χ0) is 59.7. The zero-order valence-electron chi connectivity index (χ0n) is 50.5. The summed E-state index contributed by atoms with van der Waals surface area (Å²) in [4.78, 5) is 13.4. The number of rotatable bonds is 49. The van der Waals surface area contributed by atoms with E-state index in [1.807, 2.05) is 0 Å². The van der Waals surface area contributed by atoms with E-state index < -0.39 is 124 Å². The van der Waals surface area contributed by atoms with E-state index in [-0.39, 0.29) is 18.9 Å². The van der Waals surface area contributed by atoms with E-state index in [1.54, 1.807) is 0 Å². The van der Waals surface area contributed by atoms with Gasteiger partial charge in [-0.2, -0.15) is 0 Å². The Morgan fingerprint density at radius 2 is 0.805 bits per heavy atom. The van der Waals surface area contributed by atoms with Crippen LogP contribution < -0.4 is 5.32 Å². The van der Waals surface area contributed by atoms with Gasteiger partial charge < -0.3 is 89.9 Å². The van der Waals surface area contributed by atoms with E-state index in [4.69, 9.17) is 28.4 Å². The second kappa shape index (κ2) is 46.4. The highest BCUT2D eigenvalue weighted by molar-refractivity contribution is 5.76. The second-order valence-corrected chi connectivity index (χ2v) is 23.6. The fraction of sp³-hybridized carbons (Fsp3) is 0.921. The molecule has 0 aliphatic carbocycles. The van der Waals surface area contributed by atoms with Gasteiger partial charge in [-0.1, -0.05) is 212 Å². The molecular weight excluding hydrogens is 1060 g/mol. The lowest BCUT2D eigenvalue weighted by Crippen LogP contribution is -2.66. The Kier molecular flexibility index (Phi) is 42.2. The number of carbonyl (C=O) groups excluding carboxylic acids is 1. The molecule has 0 aromatic heterocycles. The average Bonchev–Trinajstić information content (AvgIpc) is 3.39. The lowest BCUT2D eigenvalue weighted by Gasteiger charge is -2.48. The van der Waals surface area contributed by atoms with Crippen molar-refractivity contribution in [3.8, 4) is 0 Å².